The molecule has 2 fully saturated rings. The van der Waals surface area contributed by atoms with Gasteiger partial charge >= 0.3 is 0 Å². The van der Waals surface area contributed by atoms with Crippen LogP contribution in [0.2, 0.25) is 0 Å². The summed E-state index contributed by atoms with van der Waals surface area (Å²) in [5.74, 6) is 0.999. The van der Waals surface area contributed by atoms with E-state index in [0.29, 0.717) is 25.3 Å². The minimum absolute atomic E-state index is 0.0519. The van der Waals surface area contributed by atoms with Crippen molar-refractivity contribution in [3.05, 3.63) is 58.7 Å². The SMILES string of the molecule is COCCOc1ccc(CN2C3CC[C@@H]2CC(NC(=O)c2ccc(SC)cc2)C3)c(C)c1C. The van der Waals surface area contributed by atoms with E-state index in [1.165, 1.54) is 34.4 Å². The number of piperidine rings is 1. The second kappa shape index (κ2) is 10.9. The maximum absolute atomic E-state index is 12.8. The first-order valence-electron chi connectivity index (χ1n) is 11.9. The number of ether oxygens (including phenoxy) is 2. The van der Waals surface area contributed by atoms with E-state index in [9.17, 15) is 4.79 Å². The van der Waals surface area contributed by atoms with Crippen molar-refractivity contribution in [2.75, 3.05) is 26.6 Å². The Morgan fingerprint density at radius 1 is 1.03 bits per heavy atom. The van der Waals surface area contributed by atoms with E-state index in [1.807, 2.05) is 30.5 Å². The number of benzene rings is 2. The fourth-order valence-corrected chi connectivity index (χ4v) is 5.68. The number of methoxy groups -OCH3 is 1. The largest absolute Gasteiger partial charge is 0.491 e. The third-order valence-electron chi connectivity index (χ3n) is 7.32. The van der Waals surface area contributed by atoms with E-state index in [1.54, 1.807) is 18.9 Å². The monoisotopic (exact) mass is 468 g/mol. The number of amides is 1. The summed E-state index contributed by atoms with van der Waals surface area (Å²) in [7, 11) is 1.69. The summed E-state index contributed by atoms with van der Waals surface area (Å²) in [5, 5.41) is 3.31. The van der Waals surface area contributed by atoms with E-state index >= 15 is 0 Å². The topological polar surface area (TPSA) is 50.8 Å². The Morgan fingerprint density at radius 2 is 1.73 bits per heavy atom. The number of carbonyl (C=O) groups is 1. The van der Waals surface area contributed by atoms with Crippen molar-refractivity contribution in [1.29, 1.82) is 0 Å². The van der Waals surface area contributed by atoms with Gasteiger partial charge in [-0.25, -0.2) is 0 Å². The summed E-state index contributed by atoms with van der Waals surface area (Å²) in [4.78, 5) is 16.6. The second-order valence-electron chi connectivity index (χ2n) is 9.24. The first-order chi connectivity index (χ1) is 16.0. The zero-order chi connectivity index (χ0) is 23.4. The highest BCUT2D eigenvalue weighted by Crippen LogP contribution is 2.38. The molecule has 0 saturated carbocycles. The highest BCUT2D eigenvalue weighted by molar-refractivity contribution is 7.98. The Morgan fingerprint density at radius 3 is 2.36 bits per heavy atom. The highest BCUT2D eigenvalue weighted by Gasteiger charge is 2.41. The highest BCUT2D eigenvalue weighted by atomic mass is 32.2. The lowest BCUT2D eigenvalue weighted by molar-refractivity contribution is 0.0827. The van der Waals surface area contributed by atoms with E-state index in [0.717, 1.165) is 30.7 Å². The smallest absolute Gasteiger partial charge is 0.251 e. The van der Waals surface area contributed by atoms with Gasteiger partial charge in [0.05, 0.1) is 6.61 Å². The standard InChI is InChI=1S/C27H36N2O3S/c1-18-19(2)26(32-14-13-31-3)12-7-21(18)17-29-23-8-9-24(29)16-22(15-23)28-27(30)20-5-10-25(33-4)11-6-20/h5-7,10-12,22-24H,8-9,13-17H2,1-4H3,(H,28,30)/t22?,23-,24?/m1/s1. The number of hydrogen-bond donors (Lipinski definition) is 1. The van der Waals surface area contributed by atoms with E-state index in [2.05, 4.69) is 36.2 Å². The van der Waals surface area contributed by atoms with Crippen LogP contribution in [0.3, 0.4) is 0 Å². The summed E-state index contributed by atoms with van der Waals surface area (Å²) in [6, 6.07) is 13.5. The van der Waals surface area contributed by atoms with Gasteiger partial charge < -0.3 is 14.8 Å². The van der Waals surface area contributed by atoms with Gasteiger partial charge in [-0.1, -0.05) is 6.07 Å². The molecule has 178 valence electrons. The lowest BCUT2D eigenvalue weighted by atomic mass is 9.94. The molecule has 2 heterocycles. The summed E-state index contributed by atoms with van der Waals surface area (Å²) in [5.41, 5.74) is 4.65. The van der Waals surface area contributed by atoms with Gasteiger partial charge in [-0.2, -0.15) is 0 Å². The summed E-state index contributed by atoms with van der Waals surface area (Å²) in [6.07, 6.45) is 6.54. The predicted molar refractivity (Wildman–Crippen MR) is 134 cm³/mol. The van der Waals surface area contributed by atoms with E-state index in [4.69, 9.17) is 9.47 Å². The maximum atomic E-state index is 12.8. The molecule has 2 aromatic carbocycles. The minimum Gasteiger partial charge on any atom is -0.491 e. The third-order valence-corrected chi connectivity index (χ3v) is 8.06. The van der Waals surface area contributed by atoms with Crippen molar-refractivity contribution in [2.24, 2.45) is 0 Å². The van der Waals surface area contributed by atoms with Crippen molar-refractivity contribution in [2.45, 2.75) is 69.1 Å². The number of nitrogens with zero attached hydrogens (tertiary/aromatic N) is 1. The molecule has 1 amide bonds. The van der Waals surface area contributed by atoms with Crippen molar-refractivity contribution >= 4 is 17.7 Å². The first kappa shape index (κ1) is 24.1. The Labute approximate surface area is 202 Å². The molecular formula is C27H36N2O3S. The lowest BCUT2D eigenvalue weighted by Crippen LogP contribution is -2.50. The van der Waals surface area contributed by atoms with Gasteiger partial charge in [0.2, 0.25) is 0 Å². The number of nitrogens with one attached hydrogen (secondary N) is 1. The number of hydrogen-bond acceptors (Lipinski definition) is 5. The van der Waals surface area contributed by atoms with Crippen LogP contribution in [-0.2, 0) is 11.3 Å². The molecule has 2 aliphatic rings. The molecule has 5 nitrogen and oxygen atoms in total. The van der Waals surface area contributed by atoms with Crippen LogP contribution in [0.1, 0.15) is 52.7 Å². The van der Waals surface area contributed by atoms with Gasteiger partial charge in [0.15, 0.2) is 0 Å². The van der Waals surface area contributed by atoms with Crippen LogP contribution < -0.4 is 10.1 Å². The van der Waals surface area contributed by atoms with Crippen LogP contribution in [0.4, 0.5) is 0 Å². The third kappa shape index (κ3) is 5.56. The van der Waals surface area contributed by atoms with Crippen LogP contribution >= 0.6 is 11.8 Å². The molecule has 0 spiro atoms. The molecule has 2 unspecified atom stereocenters. The molecule has 4 rings (SSSR count). The lowest BCUT2D eigenvalue weighted by Gasteiger charge is -2.39. The van der Waals surface area contributed by atoms with Crippen molar-refractivity contribution < 1.29 is 14.3 Å². The number of thioether (sulfide) groups is 1. The van der Waals surface area contributed by atoms with Crippen molar-refractivity contribution in [3.8, 4) is 5.75 Å². The van der Waals surface area contributed by atoms with Gasteiger partial charge in [-0.3, -0.25) is 9.69 Å². The molecule has 1 N–H and O–H groups in total. The Kier molecular flexibility index (Phi) is 7.99. The molecule has 33 heavy (non-hydrogen) atoms. The van der Waals surface area contributed by atoms with Gasteiger partial charge in [-0.05, 0) is 92.8 Å². The summed E-state index contributed by atoms with van der Waals surface area (Å²) < 4.78 is 11.0. The van der Waals surface area contributed by atoms with Crippen LogP contribution in [0.25, 0.3) is 0 Å². The zero-order valence-electron chi connectivity index (χ0n) is 20.2. The average molecular weight is 469 g/mol. The molecular weight excluding hydrogens is 432 g/mol. The molecule has 0 aromatic heterocycles. The zero-order valence-corrected chi connectivity index (χ0v) is 21.0. The van der Waals surface area contributed by atoms with Crippen molar-refractivity contribution in [3.63, 3.8) is 0 Å². The number of rotatable bonds is 9. The first-order valence-corrected chi connectivity index (χ1v) is 13.1. The van der Waals surface area contributed by atoms with Crippen LogP contribution in [0, 0.1) is 13.8 Å². The average Bonchev–Trinajstić information content (AvgIpc) is 3.05. The molecule has 0 aliphatic carbocycles. The minimum atomic E-state index is 0.0519. The Hall–Kier alpha value is -2.02. The molecule has 2 bridgehead atoms. The van der Waals surface area contributed by atoms with Crippen LogP contribution in [-0.4, -0.2) is 55.5 Å². The molecule has 2 aliphatic heterocycles. The molecule has 6 heteroatoms. The number of carbonyl (C=O) groups excluding carboxylic acids is 1. The summed E-state index contributed by atoms with van der Waals surface area (Å²) >= 11 is 1.69. The molecule has 2 aromatic rings. The van der Waals surface area contributed by atoms with Gasteiger partial charge in [0, 0.05) is 42.2 Å². The number of fused-ring (bicyclic) bond motifs is 2. The van der Waals surface area contributed by atoms with Gasteiger partial charge in [0.25, 0.3) is 5.91 Å². The Balaban J connectivity index is 1.36. The maximum Gasteiger partial charge on any atom is 0.251 e. The molecule has 0 radical (unpaired) electrons. The van der Waals surface area contributed by atoms with E-state index < -0.39 is 0 Å². The van der Waals surface area contributed by atoms with Gasteiger partial charge in [0.1, 0.15) is 12.4 Å². The Bertz CT molecular complexity index is 949. The molecule has 2 saturated heterocycles. The normalized spacial score (nSPS) is 22.4. The van der Waals surface area contributed by atoms with Crippen LogP contribution in [0.15, 0.2) is 41.3 Å². The predicted octanol–water partition coefficient (Wildman–Crippen LogP) is 4.98. The van der Waals surface area contributed by atoms with Crippen molar-refractivity contribution in [1.82, 2.24) is 10.2 Å². The fourth-order valence-electron chi connectivity index (χ4n) is 5.27. The fraction of sp³-hybridized carbons (Fsp3) is 0.519. The van der Waals surface area contributed by atoms with Gasteiger partial charge in [-0.15, -0.1) is 11.8 Å². The summed E-state index contributed by atoms with van der Waals surface area (Å²) in [6.45, 7) is 6.48. The van der Waals surface area contributed by atoms with E-state index in [-0.39, 0.29) is 11.9 Å². The second-order valence-corrected chi connectivity index (χ2v) is 10.1. The molecule has 3 atom stereocenters. The quantitative estimate of drug-likeness (QED) is 0.416. The van der Waals surface area contributed by atoms with Crippen LogP contribution in [0.5, 0.6) is 5.75 Å².